The second-order valence-corrected chi connectivity index (χ2v) is 12.4. The van der Waals surface area contributed by atoms with Gasteiger partial charge in [-0.05, 0) is 81.8 Å². The van der Waals surface area contributed by atoms with Gasteiger partial charge in [-0.2, -0.15) is 4.39 Å². The molecule has 0 spiro atoms. The maximum atomic E-state index is 14.5. The van der Waals surface area contributed by atoms with Crippen molar-refractivity contribution < 1.29 is 32.2 Å². The number of nitrogens with one attached hydrogen (secondary N) is 1. The standard InChI is InChI=1S/C37H45F3N2O4/c1-25-30(38)23-34(37(40)36(25)39)46-31(26-11-5-3-6-12-26)17-19-41-18-9-4-10-20-42-24-28(22-35(42)43)27-15-16-32(44-2)33(21-27)45-29-13-7-8-14-29/h3,5-6,11-12,15-16,21,23,28-29,31,41H,4,7-10,13-14,17-20,22,24H2,1-2H3. The average molecular weight is 639 g/mol. The Hall–Kier alpha value is -3.72. The predicted octanol–water partition coefficient (Wildman–Crippen LogP) is 8.03. The molecule has 46 heavy (non-hydrogen) atoms. The maximum Gasteiger partial charge on any atom is 0.223 e. The molecule has 0 radical (unpaired) electrons. The number of amides is 1. The van der Waals surface area contributed by atoms with E-state index in [1.807, 2.05) is 41.3 Å². The summed E-state index contributed by atoms with van der Waals surface area (Å²) in [5.74, 6) is -1.84. The van der Waals surface area contributed by atoms with Crippen molar-refractivity contribution in [2.75, 3.05) is 33.3 Å². The van der Waals surface area contributed by atoms with Crippen molar-refractivity contribution in [1.82, 2.24) is 10.2 Å². The third-order valence-corrected chi connectivity index (χ3v) is 9.13. The van der Waals surface area contributed by atoms with Crippen molar-refractivity contribution in [3.63, 3.8) is 0 Å². The van der Waals surface area contributed by atoms with Crippen LogP contribution in [0, 0.1) is 24.4 Å². The Morgan fingerprint density at radius 2 is 1.70 bits per heavy atom. The molecule has 3 aromatic rings. The highest BCUT2D eigenvalue weighted by Gasteiger charge is 2.31. The Morgan fingerprint density at radius 3 is 2.46 bits per heavy atom. The second kappa shape index (κ2) is 16.2. The van der Waals surface area contributed by atoms with Crippen LogP contribution >= 0.6 is 0 Å². The summed E-state index contributed by atoms with van der Waals surface area (Å²) >= 11 is 0. The molecule has 1 saturated carbocycles. The van der Waals surface area contributed by atoms with Gasteiger partial charge in [-0.1, -0.05) is 42.8 Å². The Labute approximate surface area is 270 Å². The van der Waals surface area contributed by atoms with Gasteiger partial charge in [0.2, 0.25) is 11.7 Å². The fraction of sp³-hybridized carbons (Fsp3) is 0.486. The van der Waals surface area contributed by atoms with Gasteiger partial charge in [0.25, 0.3) is 0 Å². The van der Waals surface area contributed by atoms with E-state index in [0.717, 1.165) is 73.9 Å². The fourth-order valence-corrected chi connectivity index (χ4v) is 6.39. The highest BCUT2D eigenvalue weighted by molar-refractivity contribution is 5.79. The molecule has 1 aliphatic heterocycles. The van der Waals surface area contributed by atoms with E-state index in [4.69, 9.17) is 14.2 Å². The second-order valence-electron chi connectivity index (χ2n) is 12.4. The Balaban J connectivity index is 1.04. The van der Waals surface area contributed by atoms with Crippen molar-refractivity contribution in [2.45, 2.75) is 82.8 Å². The molecule has 2 unspecified atom stereocenters. The number of hydrogen-bond acceptors (Lipinski definition) is 5. The maximum absolute atomic E-state index is 14.5. The molecular formula is C37H45F3N2O4. The molecule has 2 atom stereocenters. The van der Waals surface area contributed by atoms with E-state index in [9.17, 15) is 18.0 Å². The summed E-state index contributed by atoms with van der Waals surface area (Å²) in [4.78, 5) is 14.8. The quantitative estimate of drug-likeness (QED) is 0.127. The van der Waals surface area contributed by atoms with Crippen LogP contribution in [0.2, 0.25) is 0 Å². The minimum absolute atomic E-state index is 0.146. The van der Waals surface area contributed by atoms with E-state index in [2.05, 4.69) is 17.4 Å². The highest BCUT2D eigenvalue weighted by Crippen LogP contribution is 2.37. The minimum Gasteiger partial charge on any atom is -0.493 e. The van der Waals surface area contributed by atoms with Gasteiger partial charge in [0.05, 0.1) is 13.2 Å². The summed E-state index contributed by atoms with van der Waals surface area (Å²) in [7, 11) is 1.66. The van der Waals surface area contributed by atoms with Crippen LogP contribution in [-0.2, 0) is 4.79 Å². The fourth-order valence-electron chi connectivity index (χ4n) is 6.39. The molecule has 1 saturated heterocycles. The number of benzene rings is 3. The zero-order valence-corrected chi connectivity index (χ0v) is 26.8. The number of nitrogens with zero attached hydrogens (tertiary/aromatic N) is 1. The first kappa shape index (κ1) is 33.6. The van der Waals surface area contributed by atoms with E-state index in [-0.39, 0.29) is 23.5 Å². The normalized spacial score (nSPS) is 17.5. The summed E-state index contributed by atoms with van der Waals surface area (Å²) < 4.78 is 60.4. The number of hydrogen-bond donors (Lipinski definition) is 1. The van der Waals surface area contributed by atoms with E-state index >= 15 is 0 Å². The Morgan fingerprint density at radius 1 is 0.913 bits per heavy atom. The lowest BCUT2D eigenvalue weighted by atomic mass is 9.98. The van der Waals surface area contributed by atoms with Crippen LogP contribution in [-0.4, -0.2) is 50.2 Å². The lowest BCUT2D eigenvalue weighted by Crippen LogP contribution is -2.26. The van der Waals surface area contributed by atoms with Gasteiger partial charge in [0.1, 0.15) is 11.9 Å². The van der Waals surface area contributed by atoms with Gasteiger partial charge in [-0.3, -0.25) is 4.79 Å². The third kappa shape index (κ3) is 8.55. The molecule has 2 aliphatic rings. The molecule has 248 valence electrons. The largest absolute Gasteiger partial charge is 0.493 e. The SMILES string of the molecule is COc1ccc(C2CC(=O)N(CCCCCNCCC(Oc3cc(F)c(C)c(F)c3F)c3ccccc3)C2)cc1OC1CCCC1. The highest BCUT2D eigenvalue weighted by atomic mass is 19.2. The summed E-state index contributed by atoms with van der Waals surface area (Å²) in [5, 5.41) is 3.40. The summed E-state index contributed by atoms with van der Waals surface area (Å²) in [5.41, 5.74) is 1.55. The lowest BCUT2D eigenvalue weighted by Gasteiger charge is -2.21. The number of rotatable bonds is 16. The van der Waals surface area contributed by atoms with Crippen molar-refractivity contribution in [3.8, 4) is 17.2 Å². The smallest absolute Gasteiger partial charge is 0.223 e. The first-order valence-electron chi connectivity index (χ1n) is 16.5. The van der Waals surface area contributed by atoms with E-state index in [1.54, 1.807) is 7.11 Å². The summed E-state index contributed by atoms with van der Waals surface area (Å²) in [6.45, 7) is 3.99. The van der Waals surface area contributed by atoms with Crippen LogP contribution < -0.4 is 19.5 Å². The first-order chi connectivity index (χ1) is 22.3. The lowest BCUT2D eigenvalue weighted by molar-refractivity contribution is -0.127. The number of unbranched alkanes of at least 4 members (excludes halogenated alkanes) is 2. The average Bonchev–Trinajstić information content (AvgIpc) is 3.72. The predicted molar refractivity (Wildman–Crippen MR) is 172 cm³/mol. The van der Waals surface area contributed by atoms with E-state index in [1.165, 1.54) is 19.8 Å². The van der Waals surface area contributed by atoms with E-state index < -0.39 is 29.3 Å². The molecule has 0 bridgehead atoms. The molecule has 0 aromatic heterocycles. The van der Waals surface area contributed by atoms with Gasteiger partial charge in [-0.15, -0.1) is 0 Å². The number of methoxy groups -OCH3 is 1. The van der Waals surface area contributed by atoms with Gasteiger partial charge in [0, 0.05) is 43.5 Å². The monoisotopic (exact) mass is 638 g/mol. The molecule has 2 fully saturated rings. The molecule has 9 heteroatoms. The van der Waals surface area contributed by atoms with Crippen molar-refractivity contribution in [1.29, 1.82) is 0 Å². The number of carbonyl (C=O) groups excluding carboxylic acids is 1. The number of halogens is 3. The van der Waals surface area contributed by atoms with Gasteiger partial charge >= 0.3 is 0 Å². The van der Waals surface area contributed by atoms with Crippen LogP contribution in [0.3, 0.4) is 0 Å². The first-order valence-corrected chi connectivity index (χ1v) is 16.5. The van der Waals surface area contributed by atoms with Crippen molar-refractivity contribution >= 4 is 5.91 Å². The molecule has 1 heterocycles. The molecule has 3 aromatic carbocycles. The Kier molecular flexibility index (Phi) is 11.9. The van der Waals surface area contributed by atoms with Crippen LogP contribution in [0.5, 0.6) is 17.2 Å². The number of carbonyl (C=O) groups is 1. The molecule has 6 nitrogen and oxygen atoms in total. The summed E-state index contributed by atoms with van der Waals surface area (Å²) in [6.07, 6.45) is 8.01. The van der Waals surface area contributed by atoms with Crippen LogP contribution in [0.25, 0.3) is 0 Å². The minimum atomic E-state index is -1.23. The van der Waals surface area contributed by atoms with Crippen molar-refractivity contribution in [2.24, 2.45) is 0 Å². The van der Waals surface area contributed by atoms with Crippen LogP contribution in [0.15, 0.2) is 54.6 Å². The molecular weight excluding hydrogens is 593 g/mol. The van der Waals surface area contributed by atoms with Crippen LogP contribution in [0.4, 0.5) is 13.2 Å². The zero-order valence-electron chi connectivity index (χ0n) is 26.8. The third-order valence-electron chi connectivity index (χ3n) is 9.13. The summed E-state index contributed by atoms with van der Waals surface area (Å²) in [6, 6.07) is 16.2. The zero-order chi connectivity index (χ0) is 32.5. The van der Waals surface area contributed by atoms with Gasteiger partial charge < -0.3 is 24.4 Å². The van der Waals surface area contributed by atoms with Crippen molar-refractivity contribution in [3.05, 3.63) is 88.7 Å². The molecule has 5 rings (SSSR count). The topological polar surface area (TPSA) is 60.0 Å². The van der Waals surface area contributed by atoms with Gasteiger partial charge in [-0.25, -0.2) is 8.78 Å². The van der Waals surface area contributed by atoms with E-state index in [0.29, 0.717) is 25.9 Å². The van der Waals surface area contributed by atoms with Crippen LogP contribution in [0.1, 0.15) is 86.5 Å². The Bertz CT molecular complexity index is 1450. The van der Waals surface area contributed by atoms with Gasteiger partial charge in [0.15, 0.2) is 23.1 Å². The molecule has 1 amide bonds. The molecule has 1 N–H and O–H groups in total. The number of likely N-dealkylation sites (tertiary alicyclic amines) is 1. The number of ether oxygens (including phenoxy) is 3. The molecule has 1 aliphatic carbocycles.